The molecule has 0 aliphatic carbocycles. The van der Waals surface area contributed by atoms with Gasteiger partial charge in [-0.15, -0.1) is 0 Å². The Hall–Kier alpha value is -3.36. The molecule has 7 nitrogen and oxygen atoms in total. The van der Waals surface area contributed by atoms with Crippen LogP contribution in [0.15, 0.2) is 71.6 Å². The monoisotopic (exact) mass is 569 g/mol. The summed E-state index contributed by atoms with van der Waals surface area (Å²) in [5, 5.41) is 3.36. The molecular weight excluding hydrogens is 534 g/mol. The van der Waals surface area contributed by atoms with E-state index in [9.17, 15) is 18.0 Å². The minimum atomic E-state index is -4.11. The molecule has 1 N–H and O–H groups in total. The molecule has 3 aromatic rings. The molecule has 0 radical (unpaired) electrons. The van der Waals surface area contributed by atoms with Crippen LogP contribution < -0.4 is 9.62 Å². The van der Waals surface area contributed by atoms with Crippen LogP contribution in [-0.4, -0.2) is 44.3 Å². The summed E-state index contributed by atoms with van der Waals surface area (Å²) in [5.41, 5.74) is 3.82. The molecular formula is C30H36ClN3O4S. The zero-order chi connectivity index (χ0) is 28.7. The number of hydrogen-bond acceptors (Lipinski definition) is 4. The number of anilines is 1. The van der Waals surface area contributed by atoms with Crippen LogP contribution in [0.5, 0.6) is 0 Å². The Balaban J connectivity index is 2.09. The molecule has 3 rings (SSSR count). The summed E-state index contributed by atoms with van der Waals surface area (Å²) in [6, 6.07) is 18.2. The fourth-order valence-electron chi connectivity index (χ4n) is 4.46. The predicted molar refractivity (Wildman–Crippen MR) is 156 cm³/mol. The molecule has 9 heteroatoms. The van der Waals surface area contributed by atoms with Crippen molar-refractivity contribution in [3.63, 3.8) is 0 Å². The molecule has 0 aliphatic heterocycles. The molecule has 0 saturated carbocycles. The van der Waals surface area contributed by atoms with Crippen molar-refractivity contribution in [3.8, 4) is 0 Å². The van der Waals surface area contributed by atoms with Crippen LogP contribution in [-0.2, 0) is 26.2 Å². The summed E-state index contributed by atoms with van der Waals surface area (Å²) >= 11 is 6.05. The molecule has 0 spiro atoms. The van der Waals surface area contributed by atoms with Crippen LogP contribution in [0.4, 0.5) is 5.69 Å². The Labute approximate surface area is 236 Å². The standard InChI is InChI=1S/C30H36ClN3O4S/c1-6-28(30(36)32-7-2)33(19-24-10-12-25(31)13-11-24)29(35)20-34(26-17-22(4)16-23(5)18-26)39(37,38)27-14-8-21(3)9-15-27/h8-18,28H,6-7,19-20H2,1-5H3,(H,32,36)/t28-/m0/s1. The molecule has 0 fully saturated rings. The number of nitrogens with one attached hydrogen (secondary N) is 1. The summed E-state index contributed by atoms with van der Waals surface area (Å²) < 4.78 is 29.1. The lowest BCUT2D eigenvalue weighted by Crippen LogP contribution is -2.52. The van der Waals surface area contributed by atoms with E-state index in [1.54, 1.807) is 60.7 Å². The van der Waals surface area contributed by atoms with E-state index in [1.165, 1.54) is 4.90 Å². The van der Waals surface area contributed by atoms with Gasteiger partial charge in [0.15, 0.2) is 0 Å². The van der Waals surface area contributed by atoms with Gasteiger partial charge < -0.3 is 10.2 Å². The second-order valence-corrected chi connectivity index (χ2v) is 11.9. The number of aryl methyl sites for hydroxylation is 3. The third kappa shape index (κ3) is 7.61. The van der Waals surface area contributed by atoms with Gasteiger partial charge >= 0.3 is 0 Å². The third-order valence-corrected chi connectivity index (χ3v) is 8.43. The van der Waals surface area contributed by atoms with E-state index in [-0.39, 0.29) is 17.3 Å². The van der Waals surface area contributed by atoms with Crippen molar-refractivity contribution in [2.45, 2.75) is 58.5 Å². The van der Waals surface area contributed by atoms with Crippen molar-refractivity contribution >= 4 is 39.1 Å². The van der Waals surface area contributed by atoms with Gasteiger partial charge in [-0.05, 0) is 87.2 Å². The van der Waals surface area contributed by atoms with E-state index in [4.69, 9.17) is 11.6 Å². The van der Waals surface area contributed by atoms with Gasteiger partial charge in [0.1, 0.15) is 12.6 Å². The number of rotatable bonds is 11. The van der Waals surface area contributed by atoms with Gasteiger partial charge in [0, 0.05) is 18.1 Å². The van der Waals surface area contributed by atoms with Gasteiger partial charge in [-0.25, -0.2) is 8.42 Å². The molecule has 0 bridgehead atoms. The number of hydrogen-bond donors (Lipinski definition) is 1. The largest absolute Gasteiger partial charge is 0.355 e. The maximum absolute atomic E-state index is 14.0. The first-order valence-corrected chi connectivity index (χ1v) is 14.8. The van der Waals surface area contributed by atoms with Crippen molar-refractivity contribution in [2.24, 2.45) is 0 Å². The molecule has 1 atom stereocenters. The van der Waals surface area contributed by atoms with Crippen LogP contribution in [0.25, 0.3) is 0 Å². The van der Waals surface area contributed by atoms with Crippen LogP contribution >= 0.6 is 11.6 Å². The molecule has 0 unspecified atom stereocenters. The van der Waals surface area contributed by atoms with Crippen LogP contribution in [0.2, 0.25) is 5.02 Å². The Morgan fingerprint density at radius 2 is 1.46 bits per heavy atom. The van der Waals surface area contributed by atoms with Crippen molar-refractivity contribution in [3.05, 3.63) is 94.0 Å². The summed E-state index contributed by atoms with van der Waals surface area (Å²) in [6.07, 6.45) is 0.361. The number of halogens is 1. The number of carbonyl (C=O) groups is 2. The molecule has 0 heterocycles. The highest BCUT2D eigenvalue weighted by Gasteiger charge is 2.33. The SMILES string of the molecule is CCNC(=O)[C@H](CC)N(Cc1ccc(Cl)cc1)C(=O)CN(c1cc(C)cc(C)c1)S(=O)(=O)c1ccc(C)cc1. The second-order valence-electron chi connectivity index (χ2n) is 9.64. The van der Waals surface area contributed by atoms with Gasteiger partial charge in [0.05, 0.1) is 10.6 Å². The van der Waals surface area contributed by atoms with Crippen LogP contribution in [0.1, 0.15) is 42.5 Å². The number of nitrogens with zero attached hydrogens (tertiary/aromatic N) is 2. The third-order valence-electron chi connectivity index (χ3n) is 6.39. The van der Waals surface area contributed by atoms with E-state index < -0.39 is 28.5 Å². The van der Waals surface area contributed by atoms with E-state index in [2.05, 4.69) is 5.32 Å². The fraction of sp³-hybridized carbons (Fsp3) is 0.333. The second kappa shape index (κ2) is 13.1. The van der Waals surface area contributed by atoms with Crippen molar-refractivity contribution < 1.29 is 18.0 Å². The van der Waals surface area contributed by atoms with E-state index in [0.29, 0.717) is 23.7 Å². The lowest BCUT2D eigenvalue weighted by Gasteiger charge is -2.33. The van der Waals surface area contributed by atoms with E-state index in [1.807, 2.05) is 40.7 Å². The average molecular weight is 570 g/mol. The molecule has 39 heavy (non-hydrogen) atoms. The predicted octanol–water partition coefficient (Wildman–Crippen LogP) is 5.40. The number of likely N-dealkylation sites (N-methyl/N-ethyl adjacent to an activating group) is 1. The normalized spacial score (nSPS) is 12.1. The molecule has 0 aromatic heterocycles. The maximum atomic E-state index is 14.0. The molecule has 2 amide bonds. The summed E-state index contributed by atoms with van der Waals surface area (Å²) in [6.45, 7) is 9.34. The van der Waals surface area contributed by atoms with E-state index >= 15 is 0 Å². The zero-order valence-electron chi connectivity index (χ0n) is 23.1. The minimum absolute atomic E-state index is 0.0834. The molecule has 3 aromatic carbocycles. The number of benzene rings is 3. The van der Waals surface area contributed by atoms with Gasteiger partial charge in [-0.3, -0.25) is 13.9 Å². The summed E-state index contributed by atoms with van der Waals surface area (Å²) in [5.74, 6) is -0.778. The maximum Gasteiger partial charge on any atom is 0.264 e. The first-order valence-electron chi connectivity index (χ1n) is 13.0. The fourth-order valence-corrected chi connectivity index (χ4v) is 5.98. The number of amides is 2. The lowest BCUT2D eigenvalue weighted by atomic mass is 10.1. The first kappa shape index (κ1) is 30.2. The smallest absolute Gasteiger partial charge is 0.264 e. The quantitative estimate of drug-likeness (QED) is 0.335. The minimum Gasteiger partial charge on any atom is -0.355 e. The Morgan fingerprint density at radius 1 is 0.872 bits per heavy atom. The highest BCUT2D eigenvalue weighted by molar-refractivity contribution is 7.92. The molecule has 0 saturated heterocycles. The average Bonchev–Trinajstić information content (AvgIpc) is 2.88. The van der Waals surface area contributed by atoms with Gasteiger partial charge in [0.2, 0.25) is 11.8 Å². The Kier molecular flexibility index (Phi) is 10.2. The summed E-state index contributed by atoms with van der Waals surface area (Å²) in [7, 11) is -4.11. The number of sulfonamides is 1. The zero-order valence-corrected chi connectivity index (χ0v) is 24.6. The van der Waals surface area contributed by atoms with Gasteiger partial charge in [0.25, 0.3) is 10.0 Å². The lowest BCUT2D eigenvalue weighted by molar-refractivity contribution is -0.140. The van der Waals surface area contributed by atoms with Crippen LogP contribution in [0, 0.1) is 20.8 Å². The van der Waals surface area contributed by atoms with E-state index in [0.717, 1.165) is 26.6 Å². The highest BCUT2D eigenvalue weighted by atomic mass is 35.5. The van der Waals surface area contributed by atoms with Crippen molar-refractivity contribution in [1.82, 2.24) is 10.2 Å². The number of carbonyl (C=O) groups excluding carboxylic acids is 2. The van der Waals surface area contributed by atoms with Crippen molar-refractivity contribution in [1.29, 1.82) is 0 Å². The molecule has 208 valence electrons. The first-order chi connectivity index (χ1) is 18.5. The Bertz CT molecular complexity index is 1390. The molecule has 0 aliphatic rings. The van der Waals surface area contributed by atoms with Gasteiger partial charge in [-0.2, -0.15) is 0 Å². The van der Waals surface area contributed by atoms with Crippen LogP contribution in [0.3, 0.4) is 0 Å². The topological polar surface area (TPSA) is 86.8 Å². The van der Waals surface area contributed by atoms with Gasteiger partial charge in [-0.1, -0.05) is 54.4 Å². The highest BCUT2D eigenvalue weighted by Crippen LogP contribution is 2.27. The Morgan fingerprint density at radius 3 is 2.00 bits per heavy atom. The van der Waals surface area contributed by atoms with Crippen molar-refractivity contribution in [2.75, 3.05) is 17.4 Å². The summed E-state index contributed by atoms with van der Waals surface area (Å²) in [4.78, 5) is 28.6.